The molecule has 5 rings (SSSR count). The van der Waals surface area contributed by atoms with E-state index in [9.17, 15) is 9.59 Å². The first-order chi connectivity index (χ1) is 16.7. The van der Waals surface area contributed by atoms with Crippen molar-refractivity contribution < 1.29 is 14.1 Å². The second-order valence-electron chi connectivity index (χ2n) is 9.91. The molecule has 1 aliphatic heterocycles. The van der Waals surface area contributed by atoms with E-state index in [1.54, 1.807) is 21.7 Å². The monoisotopic (exact) mass is 476 g/mol. The summed E-state index contributed by atoms with van der Waals surface area (Å²) < 4.78 is 12.7. The fourth-order valence-electron chi connectivity index (χ4n) is 4.38. The SMILES string of the molecule is Cc1cccc(-c2noc(-c3cnn4c(C5CCN(C(=O)OC(C)(C)C)CC5)cc(=O)[nH]c34)n2)c1. The predicted molar refractivity (Wildman–Crippen MR) is 129 cm³/mol. The summed E-state index contributed by atoms with van der Waals surface area (Å²) in [6, 6.07) is 9.41. The fourth-order valence-corrected chi connectivity index (χ4v) is 4.38. The molecule has 0 spiro atoms. The van der Waals surface area contributed by atoms with Gasteiger partial charge >= 0.3 is 6.09 Å². The molecule has 0 unspecified atom stereocenters. The molecule has 1 N–H and O–H groups in total. The average molecular weight is 477 g/mol. The highest BCUT2D eigenvalue weighted by Crippen LogP contribution is 2.31. The van der Waals surface area contributed by atoms with E-state index in [0.29, 0.717) is 43.0 Å². The number of carbonyl (C=O) groups is 1. The lowest BCUT2D eigenvalue weighted by Crippen LogP contribution is -2.41. The van der Waals surface area contributed by atoms with Crippen molar-refractivity contribution in [2.75, 3.05) is 13.1 Å². The summed E-state index contributed by atoms with van der Waals surface area (Å²) in [5.74, 6) is 0.817. The zero-order chi connectivity index (χ0) is 24.7. The number of carbonyl (C=O) groups excluding carboxylic acids is 1. The number of benzene rings is 1. The summed E-state index contributed by atoms with van der Waals surface area (Å²) in [7, 11) is 0. The normalized spacial score (nSPS) is 15.0. The molecule has 1 aliphatic rings. The summed E-state index contributed by atoms with van der Waals surface area (Å²) in [5, 5.41) is 8.63. The summed E-state index contributed by atoms with van der Waals surface area (Å²) in [5.41, 5.74) is 3.02. The number of likely N-dealkylation sites (tertiary alicyclic amines) is 1. The molecule has 1 fully saturated rings. The van der Waals surface area contributed by atoms with Gasteiger partial charge in [0.15, 0.2) is 0 Å². The van der Waals surface area contributed by atoms with Gasteiger partial charge in [0.1, 0.15) is 16.8 Å². The lowest BCUT2D eigenvalue weighted by atomic mass is 9.93. The number of nitrogens with zero attached hydrogens (tertiary/aromatic N) is 5. The third-order valence-electron chi connectivity index (χ3n) is 6.03. The van der Waals surface area contributed by atoms with E-state index >= 15 is 0 Å². The van der Waals surface area contributed by atoms with Crippen molar-refractivity contribution in [1.82, 2.24) is 29.6 Å². The molecule has 0 radical (unpaired) electrons. The van der Waals surface area contributed by atoms with Gasteiger partial charge in [-0.1, -0.05) is 28.9 Å². The number of aromatic nitrogens is 5. The standard InChI is InChI=1S/C25H28N6O4/c1-15-6-5-7-17(12-15)21-28-23(35-29-21)18-14-26-31-19(13-20(32)27-22(18)31)16-8-10-30(11-9-16)24(33)34-25(2,3)4/h5-7,12-14,16H,8-11H2,1-4H3,(H,27,32). The van der Waals surface area contributed by atoms with E-state index < -0.39 is 5.60 Å². The Balaban J connectivity index is 1.41. The van der Waals surface area contributed by atoms with Crippen LogP contribution in [0.15, 0.2) is 45.8 Å². The summed E-state index contributed by atoms with van der Waals surface area (Å²) >= 11 is 0. The number of amides is 1. The van der Waals surface area contributed by atoms with Gasteiger partial charge in [-0.25, -0.2) is 9.31 Å². The van der Waals surface area contributed by atoms with Gasteiger partial charge in [0.2, 0.25) is 5.82 Å². The minimum absolute atomic E-state index is 0.0665. The first-order valence-electron chi connectivity index (χ1n) is 11.7. The number of hydrogen-bond acceptors (Lipinski definition) is 7. The van der Waals surface area contributed by atoms with Crippen LogP contribution in [0.1, 0.15) is 50.8 Å². The first-order valence-corrected chi connectivity index (χ1v) is 11.7. The molecule has 182 valence electrons. The largest absolute Gasteiger partial charge is 0.444 e. The van der Waals surface area contributed by atoms with Gasteiger partial charge in [0, 0.05) is 30.6 Å². The number of hydrogen-bond donors (Lipinski definition) is 1. The highest BCUT2D eigenvalue weighted by atomic mass is 16.6. The zero-order valence-corrected chi connectivity index (χ0v) is 20.2. The topological polar surface area (TPSA) is 119 Å². The lowest BCUT2D eigenvalue weighted by Gasteiger charge is -2.33. The van der Waals surface area contributed by atoms with E-state index in [2.05, 4.69) is 20.2 Å². The molecule has 0 atom stereocenters. The van der Waals surface area contributed by atoms with Crippen LogP contribution in [0.2, 0.25) is 0 Å². The highest BCUT2D eigenvalue weighted by molar-refractivity contribution is 5.72. The maximum atomic E-state index is 12.6. The molecule has 10 nitrogen and oxygen atoms in total. The molecular formula is C25H28N6O4. The van der Waals surface area contributed by atoms with Gasteiger partial charge in [0.05, 0.1) is 11.9 Å². The molecule has 1 aromatic carbocycles. The van der Waals surface area contributed by atoms with Crippen molar-refractivity contribution >= 4 is 11.7 Å². The fraction of sp³-hybridized carbons (Fsp3) is 0.400. The van der Waals surface area contributed by atoms with Crippen LogP contribution in [0.3, 0.4) is 0 Å². The maximum Gasteiger partial charge on any atom is 0.410 e. The van der Waals surface area contributed by atoms with Crippen LogP contribution in [-0.4, -0.2) is 54.4 Å². The molecule has 3 aromatic heterocycles. The second kappa shape index (κ2) is 8.68. The number of ether oxygens (including phenoxy) is 1. The molecule has 1 amide bonds. The van der Waals surface area contributed by atoms with Gasteiger partial charge < -0.3 is 19.1 Å². The minimum Gasteiger partial charge on any atom is -0.444 e. The zero-order valence-electron chi connectivity index (χ0n) is 20.2. The van der Waals surface area contributed by atoms with Crippen LogP contribution in [-0.2, 0) is 4.74 Å². The summed E-state index contributed by atoms with van der Waals surface area (Å²) in [6.45, 7) is 8.66. The van der Waals surface area contributed by atoms with E-state index in [4.69, 9.17) is 9.26 Å². The Labute approximate surface area is 201 Å². The van der Waals surface area contributed by atoms with Crippen molar-refractivity contribution in [2.45, 2.75) is 52.1 Å². The number of rotatable bonds is 3. The Morgan fingerprint density at radius 3 is 2.69 bits per heavy atom. The Kier molecular flexibility index (Phi) is 5.66. The molecule has 0 saturated carbocycles. The smallest absolute Gasteiger partial charge is 0.410 e. The van der Waals surface area contributed by atoms with E-state index in [0.717, 1.165) is 16.8 Å². The Morgan fingerprint density at radius 2 is 1.97 bits per heavy atom. The Morgan fingerprint density at radius 1 is 1.20 bits per heavy atom. The maximum absolute atomic E-state index is 12.6. The summed E-state index contributed by atoms with van der Waals surface area (Å²) in [4.78, 5) is 34.1. The average Bonchev–Trinajstić information content (AvgIpc) is 3.45. The lowest BCUT2D eigenvalue weighted by molar-refractivity contribution is 0.0203. The minimum atomic E-state index is -0.535. The number of H-pyrrole nitrogens is 1. The summed E-state index contributed by atoms with van der Waals surface area (Å²) in [6.07, 6.45) is 2.71. The predicted octanol–water partition coefficient (Wildman–Crippen LogP) is 4.16. The Bertz CT molecular complexity index is 1440. The molecular weight excluding hydrogens is 448 g/mol. The molecule has 10 heteroatoms. The molecule has 4 aromatic rings. The molecule has 35 heavy (non-hydrogen) atoms. The molecule has 0 bridgehead atoms. The van der Waals surface area contributed by atoms with Crippen molar-refractivity contribution in [2.24, 2.45) is 0 Å². The van der Waals surface area contributed by atoms with Crippen LogP contribution < -0.4 is 5.56 Å². The van der Waals surface area contributed by atoms with Gasteiger partial charge in [-0.3, -0.25) is 4.79 Å². The number of aryl methyl sites for hydroxylation is 1. The van der Waals surface area contributed by atoms with Crippen LogP contribution in [0, 0.1) is 6.92 Å². The van der Waals surface area contributed by atoms with Gasteiger partial charge in [-0.15, -0.1) is 0 Å². The first kappa shape index (κ1) is 22.8. The molecule has 1 saturated heterocycles. The van der Waals surface area contributed by atoms with Crippen molar-refractivity contribution in [3.05, 3.63) is 58.1 Å². The van der Waals surface area contributed by atoms with E-state index in [1.807, 2.05) is 52.0 Å². The van der Waals surface area contributed by atoms with Gasteiger partial charge in [0.25, 0.3) is 11.4 Å². The molecule has 0 aliphatic carbocycles. The Hall–Kier alpha value is -3.95. The quantitative estimate of drug-likeness (QED) is 0.471. The van der Waals surface area contributed by atoms with Gasteiger partial charge in [-0.05, 0) is 46.6 Å². The second-order valence-corrected chi connectivity index (χ2v) is 9.91. The van der Waals surface area contributed by atoms with Crippen molar-refractivity contribution in [3.8, 4) is 22.8 Å². The third-order valence-corrected chi connectivity index (χ3v) is 6.03. The van der Waals surface area contributed by atoms with Crippen LogP contribution in [0.4, 0.5) is 4.79 Å². The van der Waals surface area contributed by atoms with Crippen LogP contribution in [0.25, 0.3) is 28.5 Å². The molecule has 4 heterocycles. The van der Waals surface area contributed by atoms with E-state index in [-0.39, 0.29) is 23.5 Å². The number of piperidine rings is 1. The van der Waals surface area contributed by atoms with Gasteiger partial charge in [-0.2, -0.15) is 10.1 Å². The number of aromatic amines is 1. The van der Waals surface area contributed by atoms with Crippen molar-refractivity contribution in [3.63, 3.8) is 0 Å². The number of fused-ring (bicyclic) bond motifs is 1. The van der Waals surface area contributed by atoms with Crippen LogP contribution in [0.5, 0.6) is 0 Å². The van der Waals surface area contributed by atoms with Crippen molar-refractivity contribution in [1.29, 1.82) is 0 Å². The highest BCUT2D eigenvalue weighted by Gasteiger charge is 2.29. The van der Waals surface area contributed by atoms with Crippen LogP contribution >= 0.6 is 0 Å². The third kappa shape index (κ3) is 4.68. The van der Waals surface area contributed by atoms with E-state index in [1.165, 1.54) is 0 Å². The number of nitrogens with one attached hydrogen (secondary N) is 1.